The van der Waals surface area contributed by atoms with Crippen LogP contribution in [0.3, 0.4) is 0 Å². The van der Waals surface area contributed by atoms with Crippen molar-refractivity contribution >= 4 is 32.7 Å². The number of sulfonamides is 1. The van der Waals surface area contributed by atoms with Crippen LogP contribution in [0.5, 0.6) is 0 Å². The first-order valence-corrected chi connectivity index (χ1v) is 8.73. The normalized spacial score (nSPS) is 11.8. The first-order valence-electron chi connectivity index (χ1n) is 6.41. The predicted molar refractivity (Wildman–Crippen MR) is 88.1 cm³/mol. The van der Waals surface area contributed by atoms with E-state index >= 15 is 0 Å². The molecule has 0 unspecified atom stereocenters. The molecule has 0 aliphatic heterocycles. The van der Waals surface area contributed by atoms with E-state index in [1.165, 1.54) is 34.9 Å². The number of benzene rings is 1. The number of nitrogens with two attached hydrogens (primary N) is 1. The standard InChI is InChI=1S/C14H19N3O2S2/c1-10-6-7-20-14(10)9-16-13-5-4-11(8-12(13)15)21(18,19)17(2)3/h4-8,16H,9,15H2,1-3H3. The van der Waals surface area contributed by atoms with Gasteiger partial charge in [-0.15, -0.1) is 11.3 Å². The summed E-state index contributed by atoms with van der Waals surface area (Å²) in [5.74, 6) is 0. The summed E-state index contributed by atoms with van der Waals surface area (Å²) in [6.07, 6.45) is 0. The third kappa shape index (κ3) is 3.37. The Morgan fingerprint density at radius 2 is 2.00 bits per heavy atom. The Kier molecular flexibility index (Phi) is 4.55. The van der Waals surface area contributed by atoms with Gasteiger partial charge >= 0.3 is 0 Å². The SMILES string of the molecule is Cc1ccsc1CNc1ccc(S(=O)(=O)N(C)C)cc1N. The Balaban J connectivity index is 2.19. The van der Waals surface area contributed by atoms with Crippen molar-refractivity contribution in [3.63, 3.8) is 0 Å². The van der Waals surface area contributed by atoms with Crippen LogP contribution in [0, 0.1) is 6.92 Å². The van der Waals surface area contributed by atoms with Gasteiger partial charge in [-0.1, -0.05) is 0 Å². The van der Waals surface area contributed by atoms with Crippen molar-refractivity contribution in [2.24, 2.45) is 0 Å². The fraction of sp³-hybridized carbons (Fsp3) is 0.286. The largest absolute Gasteiger partial charge is 0.397 e. The molecular weight excluding hydrogens is 306 g/mol. The summed E-state index contributed by atoms with van der Waals surface area (Å²) in [5.41, 5.74) is 8.35. The zero-order valence-electron chi connectivity index (χ0n) is 12.3. The van der Waals surface area contributed by atoms with Crippen LogP contribution in [0.15, 0.2) is 34.5 Å². The van der Waals surface area contributed by atoms with Crippen LogP contribution in [0.2, 0.25) is 0 Å². The lowest BCUT2D eigenvalue weighted by atomic mass is 10.2. The van der Waals surface area contributed by atoms with Crippen molar-refractivity contribution in [2.75, 3.05) is 25.1 Å². The van der Waals surface area contributed by atoms with E-state index in [0.717, 1.165) is 5.69 Å². The van der Waals surface area contributed by atoms with Crippen LogP contribution in [-0.4, -0.2) is 26.8 Å². The minimum absolute atomic E-state index is 0.197. The van der Waals surface area contributed by atoms with Gasteiger partial charge < -0.3 is 11.1 Å². The molecule has 0 atom stereocenters. The van der Waals surface area contributed by atoms with Gasteiger partial charge in [-0.2, -0.15) is 0 Å². The average molecular weight is 325 g/mol. The maximum absolute atomic E-state index is 12.0. The summed E-state index contributed by atoms with van der Waals surface area (Å²) in [6.45, 7) is 2.73. The summed E-state index contributed by atoms with van der Waals surface area (Å²) in [4.78, 5) is 1.43. The second kappa shape index (κ2) is 6.05. The van der Waals surface area contributed by atoms with Gasteiger partial charge in [0, 0.05) is 25.5 Å². The van der Waals surface area contributed by atoms with Gasteiger partial charge in [-0.25, -0.2) is 12.7 Å². The monoisotopic (exact) mass is 325 g/mol. The van der Waals surface area contributed by atoms with Gasteiger partial charge in [0.15, 0.2) is 0 Å². The number of nitrogens with one attached hydrogen (secondary N) is 1. The van der Waals surface area contributed by atoms with Crippen molar-refractivity contribution in [2.45, 2.75) is 18.4 Å². The lowest BCUT2D eigenvalue weighted by molar-refractivity contribution is 0.521. The van der Waals surface area contributed by atoms with Crippen molar-refractivity contribution < 1.29 is 8.42 Å². The first kappa shape index (κ1) is 15.8. The molecule has 0 bridgehead atoms. The number of aryl methyl sites for hydroxylation is 1. The highest BCUT2D eigenvalue weighted by Crippen LogP contribution is 2.25. The summed E-state index contributed by atoms with van der Waals surface area (Å²) in [6, 6.07) is 6.82. The number of nitrogens with zero attached hydrogens (tertiary/aromatic N) is 1. The summed E-state index contributed by atoms with van der Waals surface area (Å²) in [5, 5.41) is 5.29. The number of rotatable bonds is 5. The lowest BCUT2D eigenvalue weighted by Crippen LogP contribution is -2.22. The predicted octanol–water partition coefficient (Wildman–Crippen LogP) is 2.50. The van der Waals surface area contributed by atoms with Gasteiger partial charge in [0.05, 0.1) is 16.3 Å². The number of hydrogen-bond donors (Lipinski definition) is 2. The summed E-state index contributed by atoms with van der Waals surface area (Å²) >= 11 is 1.68. The molecule has 0 fully saturated rings. The van der Waals surface area contributed by atoms with Crippen LogP contribution < -0.4 is 11.1 Å². The van der Waals surface area contributed by atoms with Gasteiger partial charge in [0.1, 0.15) is 0 Å². The number of thiophene rings is 1. The molecule has 1 aromatic heterocycles. The maximum atomic E-state index is 12.0. The molecule has 0 amide bonds. The highest BCUT2D eigenvalue weighted by Gasteiger charge is 2.18. The third-order valence-corrected chi connectivity index (χ3v) is 6.04. The molecule has 7 heteroatoms. The number of anilines is 2. The van der Waals surface area contributed by atoms with E-state index in [-0.39, 0.29) is 4.90 Å². The van der Waals surface area contributed by atoms with Crippen LogP contribution >= 0.6 is 11.3 Å². The summed E-state index contributed by atoms with van der Waals surface area (Å²) in [7, 11) is -0.459. The molecule has 5 nitrogen and oxygen atoms in total. The van der Waals surface area contributed by atoms with E-state index in [1.807, 2.05) is 5.38 Å². The van der Waals surface area contributed by atoms with Crippen molar-refractivity contribution in [1.29, 1.82) is 0 Å². The van der Waals surface area contributed by atoms with Crippen LogP contribution in [0.25, 0.3) is 0 Å². The van der Waals surface area contributed by atoms with E-state index in [2.05, 4.69) is 18.3 Å². The first-order chi connectivity index (χ1) is 9.82. The van der Waals surface area contributed by atoms with Crippen LogP contribution in [-0.2, 0) is 16.6 Å². The minimum atomic E-state index is -3.45. The Hall–Kier alpha value is -1.57. The molecule has 0 aliphatic rings. The van der Waals surface area contributed by atoms with Crippen molar-refractivity contribution in [3.8, 4) is 0 Å². The molecule has 2 rings (SSSR count). The van der Waals surface area contributed by atoms with Crippen LogP contribution in [0.1, 0.15) is 10.4 Å². The highest BCUT2D eigenvalue weighted by atomic mass is 32.2. The number of nitrogen functional groups attached to an aromatic ring is 1. The average Bonchev–Trinajstić information content (AvgIpc) is 2.82. The molecule has 0 radical (unpaired) electrons. The van der Waals surface area contributed by atoms with Gasteiger partial charge in [-0.3, -0.25) is 0 Å². The zero-order valence-corrected chi connectivity index (χ0v) is 13.9. The van der Waals surface area contributed by atoms with E-state index in [9.17, 15) is 8.42 Å². The molecular formula is C14H19N3O2S2. The highest BCUT2D eigenvalue weighted by molar-refractivity contribution is 7.89. The Labute approximate surface area is 129 Å². The second-order valence-electron chi connectivity index (χ2n) is 4.92. The van der Waals surface area contributed by atoms with E-state index in [0.29, 0.717) is 12.2 Å². The van der Waals surface area contributed by atoms with E-state index in [4.69, 9.17) is 5.73 Å². The Morgan fingerprint density at radius 3 is 2.52 bits per heavy atom. The Morgan fingerprint density at radius 1 is 1.29 bits per heavy atom. The topological polar surface area (TPSA) is 75.4 Å². The van der Waals surface area contributed by atoms with E-state index in [1.54, 1.807) is 23.5 Å². The van der Waals surface area contributed by atoms with Gasteiger partial charge in [0.25, 0.3) is 0 Å². The molecule has 0 aliphatic carbocycles. The van der Waals surface area contributed by atoms with Gasteiger partial charge in [0.2, 0.25) is 10.0 Å². The second-order valence-corrected chi connectivity index (χ2v) is 8.07. The summed E-state index contributed by atoms with van der Waals surface area (Å²) < 4.78 is 25.2. The van der Waals surface area contributed by atoms with Crippen molar-refractivity contribution in [1.82, 2.24) is 4.31 Å². The molecule has 0 saturated heterocycles. The maximum Gasteiger partial charge on any atom is 0.242 e. The Bertz CT molecular complexity index is 736. The molecule has 114 valence electrons. The van der Waals surface area contributed by atoms with E-state index < -0.39 is 10.0 Å². The molecule has 0 saturated carbocycles. The fourth-order valence-corrected chi connectivity index (χ4v) is 3.62. The zero-order chi connectivity index (χ0) is 15.6. The number of hydrogen-bond acceptors (Lipinski definition) is 5. The molecule has 3 N–H and O–H groups in total. The molecule has 1 aromatic carbocycles. The smallest absolute Gasteiger partial charge is 0.242 e. The molecule has 2 aromatic rings. The fourth-order valence-electron chi connectivity index (χ4n) is 1.83. The minimum Gasteiger partial charge on any atom is -0.397 e. The lowest BCUT2D eigenvalue weighted by Gasteiger charge is -2.14. The molecule has 21 heavy (non-hydrogen) atoms. The quantitative estimate of drug-likeness (QED) is 0.828. The molecule has 1 heterocycles. The molecule has 0 spiro atoms. The van der Waals surface area contributed by atoms with Crippen LogP contribution in [0.4, 0.5) is 11.4 Å². The third-order valence-electron chi connectivity index (χ3n) is 3.21. The van der Waals surface area contributed by atoms with Crippen molar-refractivity contribution in [3.05, 3.63) is 40.1 Å². The van der Waals surface area contributed by atoms with Gasteiger partial charge in [-0.05, 0) is 42.1 Å².